The SMILES string of the molecule is N#Cc1ccc(-c2ccc(Cl)cc2)c(Br)c1. The molecule has 1 nitrogen and oxygen atoms in total. The van der Waals surface area contributed by atoms with E-state index in [1.807, 2.05) is 36.4 Å². The first kappa shape index (κ1) is 11.2. The Balaban J connectivity index is 2.49. The summed E-state index contributed by atoms with van der Waals surface area (Å²) in [5.74, 6) is 0. The van der Waals surface area contributed by atoms with Crippen LogP contribution in [0.1, 0.15) is 5.56 Å². The van der Waals surface area contributed by atoms with Gasteiger partial charge in [-0.1, -0.05) is 45.7 Å². The third-order valence-electron chi connectivity index (χ3n) is 2.25. The van der Waals surface area contributed by atoms with Gasteiger partial charge in [0.1, 0.15) is 0 Å². The number of nitrogens with zero attached hydrogens (tertiary/aromatic N) is 1. The van der Waals surface area contributed by atoms with E-state index in [-0.39, 0.29) is 0 Å². The van der Waals surface area contributed by atoms with E-state index in [1.165, 1.54) is 0 Å². The van der Waals surface area contributed by atoms with E-state index in [0.717, 1.165) is 15.6 Å². The molecule has 2 aromatic carbocycles. The van der Waals surface area contributed by atoms with Gasteiger partial charge in [0.05, 0.1) is 11.6 Å². The normalized spacial score (nSPS) is 9.81. The van der Waals surface area contributed by atoms with Crippen molar-refractivity contribution in [2.24, 2.45) is 0 Å². The molecule has 3 heteroatoms. The Hall–Kier alpha value is -1.30. The lowest BCUT2D eigenvalue weighted by Crippen LogP contribution is -1.81. The topological polar surface area (TPSA) is 23.8 Å². The van der Waals surface area contributed by atoms with Crippen LogP contribution in [0, 0.1) is 11.3 Å². The third-order valence-corrected chi connectivity index (χ3v) is 3.16. The zero-order valence-corrected chi connectivity index (χ0v) is 10.6. The Kier molecular flexibility index (Phi) is 3.28. The molecule has 0 radical (unpaired) electrons. The summed E-state index contributed by atoms with van der Waals surface area (Å²) in [6, 6.07) is 15.2. The maximum atomic E-state index is 8.77. The second-order valence-corrected chi connectivity index (χ2v) is 4.60. The number of benzene rings is 2. The minimum absolute atomic E-state index is 0.643. The van der Waals surface area contributed by atoms with E-state index in [9.17, 15) is 0 Å². The van der Waals surface area contributed by atoms with Gasteiger partial charge in [-0.2, -0.15) is 5.26 Å². The number of hydrogen-bond donors (Lipinski definition) is 0. The van der Waals surface area contributed by atoms with E-state index in [4.69, 9.17) is 16.9 Å². The van der Waals surface area contributed by atoms with E-state index < -0.39 is 0 Å². The molecule has 0 aliphatic heterocycles. The molecular formula is C13H7BrClN. The molecule has 0 aromatic heterocycles. The fourth-order valence-corrected chi connectivity index (χ4v) is 2.18. The molecule has 78 valence electrons. The highest BCUT2D eigenvalue weighted by Gasteiger charge is 2.03. The summed E-state index contributed by atoms with van der Waals surface area (Å²) in [7, 11) is 0. The van der Waals surface area contributed by atoms with Crippen molar-refractivity contribution in [3.8, 4) is 17.2 Å². The summed E-state index contributed by atoms with van der Waals surface area (Å²) in [6.45, 7) is 0. The number of hydrogen-bond acceptors (Lipinski definition) is 1. The van der Waals surface area contributed by atoms with Crippen LogP contribution in [-0.2, 0) is 0 Å². The van der Waals surface area contributed by atoms with Crippen molar-refractivity contribution in [3.63, 3.8) is 0 Å². The molecule has 0 heterocycles. The second kappa shape index (κ2) is 4.69. The van der Waals surface area contributed by atoms with Crippen molar-refractivity contribution in [1.82, 2.24) is 0 Å². The Labute approximate surface area is 107 Å². The zero-order chi connectivity index (χ0) is 11.5. The van der Waals surface area contributed by atoms with Crippen LogP contribution in [0.2, 0.25) is 5.02 Å². The molecule has 2 rings (SSSR count). The fraction of sp³-hybridized carbons (Fsp3) is 0. The Bertz CT molecular complexity index is 555. The Morgan fingerprint density at radius 1 is 1.06 bits per heavy atom. The van der Waals surface area contributed by atoms with Gasteiger partial charge in [-0.05, 0) is 35.4 Å². The molecule has 0 unspecified atom stereocenters. The first-order chi connectivity index (χ1) is 7.70. The molecule has 0 fully saturated rings. The first-order valence-corrected chi connectivity index (χ1v) is 5.83. The van der Waals surface area contributed by atoms with Gasteiger partial charge in [0.25, 0.3) is 0 Å². The minimum atomic E-state index is 0.643. The van der Waals surface area contributed by atoms with Crippen molar-refractivity contribution in [2.45, 2.75) is 0 Å². The second-order valence-electron chi connectivity index (χ2n) is 3.31. The molecule has 2 aromatic rings. The largest absolute Gasteiger partial charge is 0.192 e. The van der Waals surface area contributed by atoms with Crippen LogP contribution < -0.4 is 0 Å². The molecular weight excluding hydrogens is 286 g/mol. The molecule has 0 atom stereocenters. The van der Waals surface area contributed by atoms with Gasteiger partial charge >= 0.3 is 0 Å². The highest BCUT2D eigenvalue weighted by molar-refractivity contribution is 9.10. The van der Waals surface area contributed by atoms with Gasteiger partial charge in [0.2, 0.25) is 0 Å². The minimum Gasteiger partial charge on any atom is -0.192 e. The van der Waals surface area contributed by atoms with E-state index >= 15 is 0 Å². The van der Waals surface area contributed by atoms with E-state index in [1.54, 1.807) is 6.07 Å². The maximum Gasteiger partial charge on any atom is 0.0992 e. The van der Waals surface area contributed by atoms with Crippen LogP contribution in [-0.4, -0.2) is 0 Å². The smallest absolute Gasteiger partial charge is 0.0992 e. The summed E-state index contributed by atoms with van der Waals surface area (Å²) in [6.07, 6.45) is 0. The fourth-order valence-electron chi connectivity index (χ4n) is 1.45. The van der Waals surface area contributed by atoms with Crippen molar-refractivity contribution in [3.05, 3.63) is 57.5 Å². The van der Waals surface area contributed by atoms with Gasteiger partial charge in [-0.25, -0.2) is 0 Å². The average Bonchev–Trinajstić information content (AvgIpc) is 2.30. The molecule has 0 saturated heterocycles. The van der Waals surface area contributed by atoms with Crippen molar-refractivity contribution < 1.29 is 0 Å². The highest BCUT2D eigenvalue weighted by Crippen LogP contribution is 2.29. The summed E-state index contributed by atoms with van der Waals surface area (Å²) in [5, 5.41) is 9.49. The standard InChI is InChI=1S/C13H7BrClN/c14-13-7-9(8-16)1-6-12(13)10-2-4-11(15)5-3-10/h1-7H. The Morgan fingerprint density at radius 3 is 2.31 bits per heavy atom. The van der Waals surface area contributed by atoms with Gasteiger partial charge < -0.3 is 0 Å². The summed E-state index contributed by atoms with van der Waals surface area (Å²) < 4.78 is 0.911. The number of rotatable bonds is 1. The van der Waals surface area contributed by atoms with Gasteiger partial charge in [0, 0.05) is 9.50 Å². The van der Waals surface area contributed by atoms with Crippen LogP contribution in [0.4, 0.5) is 0 Å². The summed E-state index contributed by atoms with van der Waals surface area (Å²) in [4.78, 5) is 0. The maximum absolute atomic E-state index is 8.77. The van der Waals surface area contributed by atoms with Crippen molar-refractivity contribution in [2.75, 3.05) is 0 Å². The lowest BCUT2D eigenvalue weighted by Gasteiger charge is -2.05. The summed E-state index contributed by atoms with van der Waals surface area (Å²) in [5.41, 5.74) is 2.76. The molecule has 0 saturated carbocycles. The van der Waals surface area contributed by atoms with E-state index in [0.29, 0.717) is 10.6 Å². The average molecular weight is 293 g/mol. The molecule has 16 heavy (non-hydrogen) atoms. The van der Waals surface area contributed by atoms with Gasteiger partial charge in [-0.3, -0.25) is 0 Å². The predicted octanol–water partition coefficient (Wildman–Crippen LogP) is 4.64. The van der Waals surface area contributed by atoms with Crippen LogP contribution >= 0.6 is 27.5 Å². The van der Waals surface area contributed by atoms with Crippen molar-refractivity contribution >= 4 is 27.5 Å². The van der Waals surface area contributed by atoms with Crippen molar-refractivity contribution in [1.29, 1.82) is 5.26 Å². The Morgan fingerprint density at radius 2 is 1.75 bits per heavy atom. The molecule has 0 N–H and O–H groups in total. The highest BCUT2D eigenvalue weighted by atomic mass is 79.9. The molecule has 0 aliphatic carbocycles. The zero-order valence-electron chi connectivity index (χ0n) is 8.24. The van der Waals surface area contributed by atoms with Crippen LogP contribution in [0.3, 0.4) is 0 Å². The van der Waals surface area contributed by atoms with Gasteiger partial charge in [0.15, 0.2) is 0 Å². The van der Waals surface area contributed by atoms with Gasteiger partial charge in [-0.15, -0.1) is 0 Å². The molecule has 0 spiro atoms. The van der Waals surface area contributed by atoms with E-state index in [2.05, 4.69) is 22.0 Å². The monoisotopic (exact) mass is 291 g/mol. The van der Waals surface area contributed by atoms with Crippen LogP contribution in [0.25, 0.3) is 11.1 Å². The lowest BCUT2D eigenvalue weighted by molar-refractivity contribution is 1.47. The number of halogens is 2. The summed E-state index contributed by atoms with van der Waals surface area (Å²) >= 11 is 9.29. The predicted molar refractivity (Wildman–Crippen MR) is 69.3 cm³/mol. The number of nitriles is 1. The first-order valence-electron chi connectivity index (χ1n) is 4.66. The molecule has 0 amide bonds. The lowest BCUT2D eigenvalue weighted by atomic mass is 10.0. The van der Waals surface area contributed by atoms with Crippen LogP contribution in [0.5, 0.6) is 0 Å². The molecule has 0 bridgehead atoms. The molecule has 0 aliphatic rings. The third kappa shape index (κ3) is 2.27. The quantitative estimate of drug-likeness (QED) is 0.751. The van der Waals surface area contributed by atoms with Crippen LogP contribution in [0.15, 0.2) is 46.9 Å².